The molecule has 1 aromatic heterocycles. The fourth-order valence-electron chi connectivity index (χ4n) is 8.30. The summed E-state index contributed by atoms with van der Waals surface area (Å²) in [5, 5.41) is 19.3. The molecular formula is C54H65N7O10S. The van der Waals surface area contributed by atoms with Crippen LogP contribution < -0.4 is 9.91 Å². The zero-order chi connectivity index (χ0) is 49.8. The average Bonchev–Trinajstić information content (AvgIpc) is 3.98. The summed E-state index contributed by atoms with van der Waals surface area (Å²) in [6.07, 6.45) is 8.65. The monoisotopic (exact) mass is 1000 g/mol. The lowest BCUT2D eigenvalue weighted by Gasteiger charge is -2.35. The van der Waals surface area contributed by atoms with Gasteiger partial charge in [-0.3, -0.25) is 0 Å². The number of thiocarbonyl (C=S) groups is 1. The van der Waals surface area contributed by atoms with E-state index in [0.717, 1.165) is 39.1 Å². The van der Waals surface area contributed by atoms with Crippen LogP contribution in [0.4, 0.5) is 17.1 Å². The largest absolute Gasteiger partial charge is 0.393 e. The van der Waals surface area contributed by atoms with Gasteiger partial charge >= 0.3 is 0 Å². The molecule has 0 bridgehead atoms. The highest BCUT2D eigenvalue weighted by Gasteiger charge is 2.40. The fraction of sp³-hybridized carbons (Fsp3) is 0.444. The topological polar surface area (TPSA) is 153 Å². The Bertz CT molecular complexity index is 2530. The Morgan fingerprint density at radius 1 is 0.694 bits per heavy atom. The summed E-state index contributed by atoms with van der Waals surface area (Å²) in [5.74, 6) is 2.43. The maximum absolute atomic E-state index is 6.12. The van der Waals surface area contributed by atoms with E-state index in [4.69, 9.17) is 76.4 Å². The van der Waals surface area contributed by atoms with Gasteiger partial charge in [0.2, 0.25) is 0 Å². The molecule has 0 amide bonds. The number of isothiocyanates is 1. The van der Waals surface area contributed by atoms with Gasteiger partial charge < -0.3 is 56.9 Å². The lowest BCUT2D eigenvalue weighted by Crippen LogP contribution is -2.33. The van der Waals surface area contributed by atoms with Gasteiger partial charge in [0.1, 0.15) is 31.4 Å². The van der Waals surface area contributed by atoms with E-state index < -0.39 is 0 Å². The molecule has 0 fully saturated rings. The van der Waals surface area contributed by atoms with Gasteiger partial charge in [-0.05, 0) is 59.7 Å². The number of benzene rings is 4. The first-order valence-corrected chi connectivity index (χ1v) is 24.7. The molecule has 0 saturated heterocycles. The van der Waals surface area contributed by atoms with Gasteiger partial charge in [0.15, 0.2) is 0 Å². The van der Waals surface area contributed by atoms with Gasteiger partial charge in [0.05, 0.1) is 128 Å². The van der Waals surface area contributed by atoms with E-state index in [2.05, 4.69) is 91.4 Å². The smallest absolute Gasteiger partial charge is 0.140 e. The second-order valence-corrected chi connectivity index (χ2v) is 16.8. The van der Waals surface area contributed by atoms with Crippen molar-refractivity contribution in [3.8, 4) is 12.3 Å². The van der Waals surface area contributed by atoms with Crippen molar-refractivity contribution in [3.63, 3.8) is 0 Å². The van der Waals surface area contributed by atoms with Crippen LogP contribution in [0.15, 0.2) is 124 Å². The Morgan fingerprint density at radius 3 is 2.03 bits per heavy atom. The quantitative estimate of drug-likeness (QED) is 0.0128. The fourth-order valence-corrected chi connectivity index (χ4v) is 8.40. The van der Waals surface area contributed by atoms with Gasteiger partial charge in [-0.2, -0.15) is 10.1 Å². The molecule has 2 aliphatic heterocycles. The predicted molar refractivity (Wildman–Crippen MR) is 279 cm³/mol. The predicted octanol–water partition coefficient (Wildman–Crippen LogP) is 8.10. The van der Waals surface area contributed by atoms with E-state index in [1.165, 1.54) is 11.1 Å². The highest BCUT2D eigenvalue weighted by atomic mass is 32.1. The molecule has 0 N–H and O–H groups in total. The molecule has 2 aliphatic rings. The Balaban J connectivity index is 0.775. The van der Waals surface area contributed by atoms with Gasteiger partial charge in [-0.15, -0.1) is 6.42 Å². The summed E-state index contributed by atoms with van der Waals surface area (Å²) >= 11 is 4.80. The molecule has 17 nitrogen and oxygen atoms in total. The number of para-hydroxylation sites is 2. The van der Waals surface area contributed by atoms with E-state index in [1.54, 1.807) is 6.21 Å². The van der Waals surface area contributed by atoms with Crippen LogP contribution in [0, 0.1) is 12.3 Å². The number of rotatable bonds is 34. The summed E-state index contributed by atoms with van der Waals surface area (Å²) in [6, 6.07) is 32.7. The van der Waals surface area contributed by atoms with Crippen LogP contribution in [0.1, 0.15) is 34.3 Å². The minimum absolute atomic E-state index is 0.115. The molecule has 5 aromatic rings. The lowest BCUT2D eigenvalue weighted by atomic mass is 9.87. The van der Waals surface area contributed by atoms with Crippen molar-refractivity contribution >= 4 is 51.6 Å². The molecule has 72 heavy (non-hydrogen) atoms. The number of oxime groups is 1. The Morgan fingerprint density at radius 2 is 1.31 bits per heavy atom. The van der Waals surface area contributed by atoms with Crippen LogP contribution in [0.5, 0.6) is 0 Å². The molecule has 0 spiro atoms. The first-order valence-electron chi connectivity index (χ1n) is 24.3. The molecule has 0 aliphatic carbocycles. The summed E-state index contributed by atoms with van der Waals surface area (Å²) < 4.78 is 54.0. The molecule has 0 radical (unpaired) electrons. The highest BCUT2D eigenvalue weighted by molar-refractivity contribution is 7.78. The first kappa shape index (κ1) is 53.9. The van der Waals surface area contributed by atoms with Crippen LogP contribution in [-0.2, 0) is 61.1 Å². The third-order valence-corrected chi connectivity index (χ3v) is 11.8. The average molecular weight is 1000 g/mol. The van der Waals surface area contributed by atoms with Crippen LogP contribution in [-0.4, -0.2) is 148 Å². The summed E-state index contributed by atoms with van der Waals surface area (Å²) in [7, 11) is 2.01. The number of aryl methyl sites for hydroxylation is 1. The van der Waals surface area contributed by atoms with Crippen molar-refractivity contribution in [2.24, 2.45) is 27.5 Å². The minimum Gasteiger partial charge on any atom is -0.393 e. The number of ether oxygens (including phenoxy) is 9. The van der Waals surface area contributed by atoms with Crippen LogP contribution in [0.3, 0.4) is 0 Å². The minimum atomic E-state index is -0.312. The maximum Gasteiger partial charge on any atom is 0.140 e. The molecule has 0 saturated carbocycles. The molecule has 4 aromatic carbocycles. The molecule has 3 atom stereocenters. The van der Waals surface area contributed by atoms with E-state index in [0.29, 0.717) is 125 Å². The molecule has 382 valence electrons. The molecule has 7 rings (SSSR count). The number of terminal acetylenes is 1. The zero-order valence-corrected chi connectivity index (χ0v) is 41.8. The first-order chi connectivity index (χ1) is 35.6. The van der Waals surface area contributed by atoms with Crippen molar-refractivity contribution in [2.75, 3.05) is 135 Å². The molecule has 18 heteroatoms. The van der Waals surface area contributed by atoms with Crippen LogP contribution >= 0.6 is 12.2 Å². The van der Waals surface area contributed by atoms with Gasteiger partial charge in [0, 0.05) is 54.1 Å². The summed E-state index contributed by atoms with van der Waals surface area (Å²) in [6.45, 7) is 8.52. The van der Waals surface area contributed by atoms with Crippen molar-refractivity contribution in [2.45, 2.75) is 24.7 Å². The van der Waals surface area contributed by atoms with Crippen molar-refractivity contribution < 1.29 is 47.5 Å². The third kappa shape index (κ3) is 16.6. The highest BCUT2D eigenvalue weighted by Crippen LogP contribution is 2.49. The third-order valence-electron chi connectivity index (χ3n) is 11.7. The SMILES string of the molecule is C#CCOCCOCCOCC(COCCOCCOCCO/N=C/c1cn(C)c2ccccc12)OCCOCCOCCN1Cc2ccccc2C2C(N=NN2c2ccc(N=C=S)cc2)c2ccccc21. The number of aromatic nitrogens is 1. The van der Waals surface area contributed by atoms with Crippen LogP contribution in [0.2, 0.25) is 0 Å². The number of anilines is 2. The van der Waals surface area contributed by atoms with Crippen molar-refractivity contribution in [1.82, 2.24) is 4.57 Å². The molecule has 3 heterocycles. The Labute approximate surface area is 427 Å². The van der Waals surface area contributed by atoms with Gasteiger partial charge in [-0.25, -0.2) is 5.01 Å². The summed E-state index contributed by atoms with van der Waals surface area (Å²) in [5.41, 5.74) is 8.43. The second kappa shape index (κ2) is 30.9. The van der Waals surface area contributed by atoms with Crippen molar-refractivity contribution in [3.05, 3.63) is 126 Å². The van der Waals surface area contributed by atoms with Crippen molar-refractivity contribution in [1.29, 1.82) is 0 Å². The maximum atomic E-state index is 6.12. The zero-order valence-electron chi connectivity index (χ0n) is 41.0. The van der Waals surface area contributed by atoms with E-state index >= 15 is 0 Å². The Hall–Kier alpha value is -5.91. The van der Waals surface area contributed by atoms with Gasteiger partial charge in [0.25, 0.3) is 0 Å². The number of fused-ring (bicyclic) bond motifs is 6. The number of aliphatic imine (C=N–C) groups is 1. The second-order valence-electron chi connectivity index (χ2n) is 16.6. The standard InChI is InChI=1S/C54H65N7O10S/c1-3-21-62-23-25-64-29-31-68-40-47(41-69-32-30-65-27-28-67-34-36-71-56-37-44-38-59(2)51-14-8-6-11-48(44)51)70-35-33-66-26-24-63-22-20-60-39-43-10-4-5-12-49(43)54-53(50-13-7-9-15-52(50)60)57-58-61(54)46-18-16-45(17-19-46)55-42-72/h1,4-19,37-38,47,53-54H,20-36,39-41H2,2H3/b56-37+. The van der Waals surface area contributed by atoms with E-state index in [1.807, 2.05) is 54.7 Å². The Kier molecular flexibility index (Phi) is 23.1. The normalized spacial score (nSPS) is 15.4. The number of hydrogen-bond acceptors (Lipinski definition) is 17. The van der Waals surface area contributed by atoms with Crippen LogP contribution in [0.25, 0.3) is 10.9 Å². The summed E-state index contributed by atoms with van der Waals surface area (Å²) in [4.78, 5) is 11.9. The molecular weight excluding hydrogens is 939 g/mol. The van der Waals surface area contributed by atoms with E-state index in [-0.39, 0.29) is 24.8 Å². The molecule has 3 unspecified atom stereocenters. The lowest BCUT2D eigenvalue weighted by molar-refractivity contribution is -0.0867. The number of hydrogen-bond donors (Lipinski definition) is 0. The van der Waals surface area contributed by atoms with E-state index in [9.17, 15) is 0 Å². The number of nitrogens with zero attached hydrogens (tertiary/aromatic N) is 7. The van der Waals surface area contributed by atoms with Gasteiger partial charge in [-0.1, -0.05) is 77.0 Å².